The number of halogens is 1. The zero-order valence-electron chi connectivity index (χ0n) is 14.6. The third-order valence-electron chi connectivity index (χ3n) is 4.14. The number of guanidine groups is 1. The van der Waals surface area contributed by atoms with Crippen LogP contribution in [0.15, 0.2) is 29.3 Å². The van der Waals surface area contributed by atoms with Gasteiger partial charge in [0.1, 0.15) is 5.82 Å². The molecule has 7 nitrogen and oxygen atoms in total. The Labute approximate surface area is 165 Å². The van der Waals surface area contributed by atoms with Crippen LogP contribution >= 0.6 is 24.0 Å². The smallest absolute Gasteiger partial charge is 0.191 e. The Kier molecular flexibility index (Phi) is 8.42. The van der Waals surface area contributed by atoms with Gasteiger partial charge in [0.25, 0.3) is 0 Å². The molecular formula is C17H27IN6O. The molecule has 0 spiro atoms. The summed E-state index contributed by atoms with van der Waals surface area (Å²) in [6, 6.07) is 8.09. The average molecular weight is 458 g/mol. The second kappa shape index (κ2) is 10.6. The lowest BCUT2D eigenvalue weighted by Crippen LogP contribution is -2.44. The van der Waals surface area contributed by atoms with Crippen molar-refractivity contribution in [2.24, 2.45) is 4.99 Å². The Hall–Kier alpha value is -1.39. The Balaban J connectivity index is 0.00000225. The Morgan fingerprint density at radius 2 is 2.00 bits per heavy atom. The van der Waals surface area contributed by atoms with Crippen molar-refractivity contribution in [3.8, 4) is 0 Å². The minimum Gasteiger partial charge on any atom is -0.379 e. The van der Waals surface area contributed by atoms with Crippen molar-refractivity contribution in [1.29, 1.82) is 0 Å². The maximum Gasteiger partial charge on any atom is 0.191 e. The molecule has 0 amide bonds. The van der Waals surface area contributed by atoms with E-state index in [1.54, 1.807) is 7.05 Å². The number of benzene rings is 1. The Bertz CT molecular complexity index is 635. The number of aromatic nitrogens is 2. The number of hydrogen-bond donors (Lipinski definition) is 3. The fourth-order valence-corrected chi connectivity index (χ4v) is 2.80. The summed E-state index contributed by atoms with van der Waals surface area (Å²) in [6.45, 7) is 6.38. The van der Waals surface area contributed by atoms with Crippen molar-refractivity contribution in [2.45, 2.75) is 6.42 Å². The number of aliphatic imine (C=N–C) groups is 1. The molecule has 0 unspecified atom stereocenters. The summed E-state index contributed by atoms with van der Waals surface area (Å²) in [5, 5.41) is 6.69. The van der Waals surface area contributed by atoms with Crippen LogP contribution in [0.3, 0.4) is 0 Å². The summed E-state index contributed by atoms with van der Waals surface area (Å²) in [5.74, 6) is 1.83. The summed E-state index contributed by atoms with van der Waals surface area (Å²) >= 11 is 0. The minimum absolute atomic E-state index is 0. The number of hydrogen-bond acceptors (Lipinski definition) is 4. The number of nitrogens with zero attached hydrogens (tertiary/aromatic N) is 3. The molecule has 0 aliphatic carbocycles. The van der Waals surface area contributed by atoms with Gasteiger partial charge in [-0.15, -0.1) is 24.0 Å². The van der Waals surface area contributed by atoms with E-state index >= 15 is 0 Å². The number of morpholine rings is 1. The highest BCUT2D eigenvalue weighted by Gasteiger charge is 2.09. The van der Waals surface area contributed by atoms with Crippen molar-refractivity contribution in [2.75, 3.05) is 53.0 Å². The fraction of sp³-hybridized carbons (Fsp3) is 0.529. The maximum atomic E-state index is 5.36. The van der Waals surface area contributed by atoms with E-state index in [2.05, 4.69) is 30.5 Å². The molecule has 0 bridgehead atoms. The van der Waals surface area contributed by atoms with Crippen LogP contribution < -0.4 is 10.6 Å². The average Bonchev–Trinajstić information content (AvgIpc) is 3.04. The number of rotatable bonds is 6. The van der Waals surface area contributed by atoms with Crippen LogP contribution in [0.25, 0.3) is 11.0 Å². The van der Waals surface area contributed by atoms with Gasteiger partial charge < -0.3 is 20.4 Å². The number of fused-ring (bicyclic) bond motifs is 1. The highest BCUT2D eigenvalue weighted by Crippen LogP contribution is 2.10. The van der Waals surface area contributed by atoms with Crippen molar-refractivity contribution in [1.82, 2.24) is 25.5 Å². The third-order valence-corrected chi connectivity index (χ3v) is 4.14. The lowest BCUT2D eigenvalue weighted by Gasteiger charge is -2.26. The first-order chi connectivity index (χ1) is 11.8. The molecule has 25 heavy (non-hydrogen) atoms. The van der Waals surface area contributed by atoms with Crippen LogP contribution in [0, 0.1) is 0 Å². The number of H-pyrrole nitrogens is 1. The van der Waals surface area contributed by atoms with Crippen molar-refractivity contribution >= 4 is 41.0 Å². The van der Waals surface area contributed by atoms with Gasteiger partial charge in [-0.2, -0.15) is 0 Å². The molecule has 1 aromatic carbocycles. The van der Waals surface area contributed by atoms with Crippen LogP contribution in [-0.2, 0) is 11.2 Å². The van der Waals surface area contributed by atoms with Gasteiger partial charge in [0.05, 0.1) is 24.2 Å². The first kappa shape index (κ1) is 19.9. The number of aromatic amines is 1. The summed E-state index contributed by atoms with van der Waals surface area (Å²) in [4.78, 5) is 14.6. The van der Waals surface area contributed by atoms with Gasteiger partial charge in [0.2, 0.25) is 0 Å². The molecular weight excluding hydrogens is 431 g/mol. The molecule has 0 saturated carbocycles. The maximum absolute atomic E-state index is 5.36. The van der Waals surface area contributed by atoms with E-state index in [1.165, 1.54) is 0 Å². The summed E-state index contributed by atoms with van der Waals surface area (Å²) < 4.78 is 5.36. The molecule has 1 aliphatic rings. The third kappa shape index (κ3) is 6.12. The van der Waals surface area contributed by atoms with Gasteiger partial charge in [-0.05, 0) is 12.1 Å². The molecule has 2 heterocycles. The van der Waals surface area contributed by atoms with Crippen LogP contribution in [0.2, 0.25) is 0 Å². The molecule has 8 heteroatoms. The zero-order chi connectivity index (χ0) is 16.6. The molecule has 1 aromatic heterocycles. The van der Waals surface area contributed by atoms with Crippen molar-refractivity contribution in [3.63, 3.8) is 0 Å². The number of para-hydroxylation sites is 2. The molecule has 1 fully saturated rings. The first-order valence-corrected chi connectivity index (χ1v) is 8.53. The second-order valence-electron chi connectivity index (χ2n) is 5.83. The number of imidazole rings is 1. The lowest BCUT2D eigenvalue weighted by atomic mass is 10.3. The van der Waals surface area contributed by atoms with E-state index in [-0.39, 0.29) is 24.0 Å². The number of nitrogens with one attached hydrogen (secondary N) is 3. The summed E-state index contributed by atoms with van der Waals surface area (Å²) in [5.41, 5.74) is 2.10. The van der Waals surface area contributed by atoms with Crippen LogP contribution in [0.1, 0.15) is 5.82 Å². The van der Waals surface area contributed by atoms with Crippen LogP contribution in [0.5, 0.6) is 0 Å². The van der Waals surface area contributed by atoms with Gasteiger partial charge >= 0.3 is 0 Å². The van der Waals surface area contributed by atoms with Gasteiger partial charge in [-0.1, -0.05) is 12.1 Å². The fourth-order valence-electron chi connectivity index (χ4n) is 2.80. The molecule has 3 N–H and O–H groups in total. The van der Waals surface area contributed by atoms with Crippen LogP contribution in [-0.4, -0.2) is 73.8 Å². The molecule has 0 atom stereocenters. The van der Waals surface area contributed by atoms with Gasteiger partial charge in [-0.25, -0.2) is 4.98 Å². The highest BCUT2D eigenvalue weighted by atomic mass is 127. The largest absolute Gasteiger partial charge is 0.379 e. The van der Waals surface area contributed by atoms with E-state index in [4.69, 9.17) is 4.74 Å². The summed E-state index contributed by atoms with van der Waals surface area (Å²) in [6.07, 6.45) is 0.832. The predicted octanol–water partition coefficient (Wildman–Crippen LogP) is 1.22. The SMILES string of the molecule is CN=C(NCCc1nc2ccccc2[nH]1)NCCN1CCOCC1.I. The van der Waals surface area contributed by atoms with Crippen LogP contribution in [0.4, 0.5) is 0 Å². The summed E-state index contributed by atoms with van der Waals surface area (Å²) in [7, 11) is 1.80. The van der Waals surface area contributed by atoms with E-state index in [9.17, 15) is 0 Å². The predicted molar refractivity (Wildman–Crippen MR) is 112 cm³/mol. The van der Waals surface area contributed by atoms with Gasteiger partial charge in [0.15, 0.2) is 5.96 Å². The van der Waals surface area contributed by atoms with Crippen molar-refractivity contribution < 1.29 is 4.74 Å². The second-order valence-corrected chi connectivity index (χ2v) is 5.83. The standard InChI is InChI=1S/C17H26N6O.HI/c1-18-17(20-8-9-23-10-12-24-13-11-23)19-7-6-16-21-14-4-2-3-5-15(14)22-16;/h2-5H,6-13H2,1H3,(H,21,22)(H2,18,19,20);1H. The Morgan fingerprint density at radius 3 is 2.76 bits per heavy atom. The molecule has 0 radical (unpaired) electrons. The van der Waals surface area contributed by atoms with Gasteiger partial charge in [-0.3, -0.25) is 9.89 Å². The minimum atomic E-state index is 0. The normalized spacial score (nSPS) is 15.8. The zero-order valence-corrected chi connectivity index (χ0v) is 17.0. The van der Waals surface area contributed by atoms with E-state index in [0.717, 1.165) is 75.2 Å². The molecule has 3 rings (SSSR count). The quantitative estimate of drug-likeness (QED) is 0.345. The highest BCUT2D eigenvalue weighted by molar-refractivity contribution is 14.0. The van der Waals surface area contributed by atoms with E-state index in [1.807, 2.05) is 24.3 Å². The van der Waals surface area contributed by atoms with E-state index < -0.39 is 0 Å². The molecule has 138 valence electrons. The topological polar surface area (TPSA) is 77.6 Å². The molecule has 2 aromatic rings. The lowest BCUT2D eigenvalue weighted by molar-refractivity contribution is 0.0389. The van der Waals surface area contributed by atoms with Crippen molar-refractivity contribution in [3.05, 3.63) is 30.1 Å². The first-order valence-electron chi connectivity index (χ1n) is 8.53. The molecule has 1 aliphatic heterocycles. The molecule has 1 saturated heterocycles. The van der Waals surface area contributed by atoms with Gasteiger partial charge in [0, 0.05) is 46.2 Å². The Morgan fingerprint density at radius 1 is 1.24 bits per heavy atom. The number of ether oxygens (including phenoxy) is 1. The monoisotopic (exact) mass is 458 g/mol. The van der Waals surface area contributed by atoms with E-state index in [0.29, 0.717) is 0 Å².